The molecule has 7 nitrogen and oxygen atoms in total. The van der Waals surface area contributed by atoms with Gasteiger partial charge in [-0.3, -0.25) is 9.89 Å². The molecule has 0 unspecified atom stereocenters. The average molecular weight is 309 g/mol. The number of carbonyl (C=O) groups is 1. The summed E-state index contributed by atoms with van der Waals surface area (Å²) >= 11 is 0. The number of fused-ring (bicyclic) bond motifs is 1. The van der Waals surface area contributed by atoms with Gasteiger partial charge in [0.25, 0.3) is 0 Å². The van der Waals surface area contributed by atoms with Gasteiger partial charge in [-0.05, 0) is 24.3 Å². The highest BCUT2D eigenvalue weighted by Gasteiger charge is 2.31. The van der Waals surface area contributed by atoms with Crippen LogP contribution in [0.5, 0.6) is 5.75 Å². The molecule has 0 radical (unpaired) electrons. The number of aromatic amines is 1. The van der Waals surface area contributed by atoms with Gasteiger partial charge in [0.2, 0.25) is 5.91 Å². The molecule has 23 heavy (non-hydrogen) atoms. The normalized spacial score (nSPS) is 16.7. The van der Waals surface area contributed by atoms with E-state index in [1.165, 1.54) is 0 Å². The van der Waals surface area contributed by atoms with Crippen molar-refractivity contribution in [3.8, 4) is 11.4 Å². The summed E-state index contributed by atoms with van der Waals surface area (Å²) in [5, 5.41) is 9.64. The molecule has 3 aromatic rings. The largest absolute Gasteiger partial charge is 0.497 e. The lowest BCUT2D eigenvalue weighted by molar-refractivity contribution is -0.116. The van der Waals surface area contributed by atoms with Crippen molar-refractivity contribution in [2.75, 3.05) is 12.4 Å². The first-order valence-electron chi connectivity index (χ1n) is 7.27. The van der Waals surface area contributed by atoms with Gasteiger partial charge in [-0.25, -0.2) is 4.98 Å². The maximum absolute atomic E-state index is 11.9. The second kappa shape index (κ2) is 5.28. The van der Waals surface area contributed by atoms with E-state index < -0.39 is 0 Å². The Balaban J connectivity index is 1.77. The molecule has 0 bridgehead atoms. The van der Waals surface area contributed by atoms with E-state index in [4.69, 9.17) is 4.74 Å². The zero-order chi connectivity index (χ0) is 15.8. The summed E-state index contributed by atoms with van der Waals surface area (Å²) in [7, 11) is 1.64. The molecular weight excluding hydrogens is 294 g/mol. The van der Waals surface area contributed by atoms with Crippen LogP contribution in [0, 0.1) is 0 Å². The Morgan fingerprint density at radius 3 is 2.91 bits per heavy atom. The van der Waals surface area contributed by atoms with Gasteiger partial charge in [-0.1, -0.05) is 0 Å². The molecule has 116 valence electrons. The quantitative estimate of drug-likeness (QED) is 0.775. The van der Waals surface area contributed by atoms with Gasteiger partial charge >= 0.3 is 0 Å². The number of rotatable bonds is 3. The number of ether oxygens (including phenoxy) is 1. The predicted molar refractivity (Wildman–Crippen MR) is 83.8 cm³/mol. The van der Waals surface area contributed by atoms with Crippen molar-refractivity contribution in [3.63, 3.8) is 0 Å². The maximum atomic E-state index is 11.9. The van der Waals surface area contributed by atoms with Gasteiger partial charge in [0.05, 0.1) is 19.2 Å². The first-order valence-corrected chi connectivity index (χ1v) is 7.27. The standard InChI is InChI=1S/C16H15N5O2/c1-23-11-4-2-10(3-5-11)21-7-6-17-16(21)12-8-14(22)19-15-13(12)9-18-20-15/h2-7,9,12H,8H2,1H3,(H2,18,19,20,22)/t12-/m1/s1. The fraction of sp³-hybridized carbons (Fsp3) is 0.188. The van der Waals surface area contributed by atoms with Crippen molar-refractivity contribution < 1.29 is 9.53 Å². The molecule has 1 aliphatic rings. The number of aromatic nitrogens is 4. The summed E-state index contributed by atoms with van der Waals surface area (Å²) in [4.78, 5) is 16.4. The number of anilines is 1. The topological polar surface area (TPSA) is 84.8 Å². The Morgan fingerprint density at radius 1 is 1.30 bits per heavy atom. The minimum atomic E-state index is -0.130. The summed E-state index contributed by atoms with van der Waals surface area (Å²) < 4.78 is 7.18. The Hall–Kier alpha value is -3.09. The highest BCUT2D eigenvalue weighted by atomic mass is 16.5. The molecule has 7 heteroatoms. The molecule has 1 aromatic carbocycles. The van der Waals surface area contributed by atoms with Crippen LogP contribution in [0.3, 0.4) is 0 Å². The second-order valence-corrected chi connectivity index (χ2v) is 5.36. The van der Waals surface area contributed by atoms with E-state index in [0.717, 1.165) is 22.8 Å². The fourth-order valence-corrected chi connectivity index (χ4v) is 2.91. The Labute approximate surface area is 132 Å². The second-order valence-electron chi connectivity index (χ2n) is 5.36. The van der Waals surface area contributed by atoms with E-state index in [1.807, 2.05) is 35.0 Å². The van der Waals surface area contributed by atoms with Gasteiger partial charge < -0.3 is 14.6 Å². The molecule has 3 heterocycles. The molecule has 1 atom stereocenters. The number of H-pyrrole nitrogens is 1. The van der Waals surface area contributed by atoms with Crippen LogP contribution in [-0.2, 0) is 4.79 Å². The van der Waals surface area contributed by atoms with Crippen molar-refractivity contribution in [2.45, 2.75) is 12.3 Å². The molecule has 0 saturated carbocycles. The van der Waals surface area contributed by atoms with E-state index >= 15 is 0 Å². The third kappa shape index (κ3) is 2.26. The molecule has 0 saturated heterocycles. The van der Waals surface area contributed by atoms with E-state index in [1.54, 1.807) is 19.5 Å². The zero-order valence-corrected chi connectivity index (χ0v) is 12.5. The minimum Gasteiger partial charge on any atom is -0.497 e. The highest BCUT2D eigenvalue weighted by molar-refractivity contribution is 5.94. The number of methoxy groups -OCH3 is 1. The van der Waals surface area contributed by atoms with Crippen LogP contribution in [0.1, 0.15) is 23.7 Å². The SMILES string of the molecule is COc1ccc(-n2ccnc2[C@@H]2CC(=O)Nc3[nH]ncc32)cc1. The lowest BCUT2D eigenvalue weighted by Crippen LogP contribution is -2.24. The Bertz CT molecular complexity index is 849. The number of nitrogens with one attached hydrogen (secondary N) is 2. The smallest absolute Gasteiger partial charge is 0.226 e. The van der Waals surface area contributed by atoms with Crippen molar-refractivity contribution in [1.29, 1.82) is 0 Å². The summed E-state index contributed by atoms with van der Waals surface area (Å²) in [5.74, 6) is 2.08. The van der Waals surface area contributed by atoms with E-state index in [-0.39, 0.29) is 11.8 Å². The monoisotopic (exact) mass is 309 g/mol. The van der Waals surface area contributed by atoms with E-state index in [9.17, 15) is 4.79 Å². The van der Waals surface area contributed by atoms with Gasteiger partial charge in [0.1, 0.15) is 17.4 Å². The summed E-state index contributed by atoms with van der Waals surface area (Å²) in [5.41, 5.74) is 1.92. The molecule has 0 spiro atoms. The first-order chi connectivity index (χ1) is 11.3. The molecule has 1 aliphatic heterocycles. The molecule has 1 amide bonds. The van der Waals surface area contributed by atoms with Crippen molar-refractivity contribution in [3.05, 3.63) is 54.2 Å². The van der Waals surface area contributed by atoms with Gasteiger partial charge in [-0.2, -0.15) is 5.10 Å². The first kappa shape index (κ1) is 13.6. The van der Waals surface area contributed by atoms with Crippen LogP contribution in [0.25, 0.3) is 5.69 Å². The van der Waals surface area contributed by atoms with Crippen LogP contribution in [0.4, 0.5) is 5.82 Å². The van der Waals surface area contributed by atoms with Crippen LogP contribution in [-0.4, -0.2) is 32.8 Å². The lowest BCUT2D eigenvalue weighted by Gasteiger charge is -2.22. The van der Waals surface area contributed by atoms with E-state index in [2.05, 4.69) is 20.5 Å². The van der Waals surface area contributed by atoms with Crippen LogP contribution in [0.2, 0.25) is 0 Å². The number of benzene rings is 1. The number of hydrogen-bond donors (Lipinski definition) is 2. The third-order valence-electron chi connectivity index (χ3n) is 4.03. The molecule has 2 aromatic heterocycles. The van der Waals surface area contributed by atoms with Crippen LogP contribution in [0.15, 0.2) is 42.9 Å². The van der Waals surface area contributed by atoms with Gasteiger partial charge in [0, 0.05) is 30.1 Å². The van der Waals surface area contributed by atoms with Crippen molar-refractivity contribution in [1.82, 2.24) is 19.7 Å². The van der Waals surface area contributed by atoms with Gasteiger partial charge in [0.15, 0.2) is 0 Å². The summed E-state index contributed by atoms with van der Waals surface area (Å²) in [6, 6.07) is 7.72. The number of nitrogens with zero attached hydrogens (tertiary/aromatic N) is 3. The van der Waals surface area contributed by atoms with E-state index in [0.29, 0.717) is 12.2 Å². The molecule has 0 fully saturated rings. The molecule has 4 rings (SSSR count). The number of hydrogen-bond acceptors (Lipinski definition) is 4. The summed E-state index contributed by atoms with van der Waals surface area (Å²) in [6.45, 7) is 0. The molecular formula is C16H15N5O2. The number of carbonyl (C=O) groups excluding carboxylic acids is 1. The van der Waals surface area contributed by atoms with Crippen LogP contribution >= 0.6 is 0 Å². The highest BCUT2D eigenvalue weighted by Crippen LogP contribution is 2.35. The minimum absolute atomic E-state index is 0.0453. The van der Waals surface area contributed by atoms with Crippen LogP contribution < -0.4 is 10.1 Å². The summed E-state index contributed by atoms with van der Waals surface area (Å²) in [6.07, 6.45) is 5.72. The predicted octanol–water partition coefficient (Wildman–Crippen LogP) is 2.08. The Morgan fingerprint density at radius 2 is 2.13 bits per heavy atom. The van der Waals surface area contributed by atoms with Gasteiger partial charge in [-0.15, -0.1) is 0 Å². The zero-order valence-electron chi connectivity index (χ0n) is 12.5. The van der Waals surface area contributed by atoms with Crippen molar-refractivity contribution >= 4 is 11.7 Å². The number of amides is 1. The lowest BCUT2D eigenvalue weighted by atomic mass is 9.93. The Kier molecular flexibility index (Phi) is 3.11. The molecule has 0 aliphatic carbocycles. The maximum Gasteiger partial charge on any atom is 0.226 e. The average Bonchev–Trinajstić information content (AvgIpc) is 3.23. The van der Waals surface area contributed by atoms with Crippen molar-refractivity contribution in [2.24, 2.45) is 0 Å². The molecule has 2 N–H and O–H groups in total. The third-order valence-corrected chi connectivity index (χ3v) is 4.03. The fourth-order valence-electron chi connectivity index (χ4n) is 2.91. The number of imidazole rings is 1.